The standard InChI is InChI=1S/C16H24N2O3/c1-16(2,3)17-9-15(19)18(4)10-12-11-20-13-7-5-6-8-14(13)21-12/h5-8,12,17H,9-11H2,1-4H3. The molecule has 1 aromatic carbocycles. The van der Waals surface area contributed by atoms with Crippen LogP contribution in [0.5, 0.6) is 11.5 Å². The molecule has 1 aliphatic heterocycles. The number of carbonyl (C=O) groups is 1. The zero-order valence-electron chi connectivity index (χ0n) is 13.2. The molecular formula is C16H24N2O3. The number of hydrogen-bond acceptors (Lipinski definition) is 4. The van der Waals surface area contributed by atoms with Gasteiger partial charge in [-0.25, -0.2) is 0 Å². The average molecular weight is 292 g/mol. The molecule has 1 amide bonds. The summed E-state index contributed by atoms with van der Waals surface area (Å²) in [5.41, 5.74) is -0.0696. The van der Waals surface area contributed by atoms with Gasteiger partial charge in [-0.1, -0.05) is 12.1 Å². The predicted molar refractivity (Wildman–Crippen MR) is 81.7 cm³/mol. The third kappa shape index (κ3) is 4.63. The maximum atomic E-state index is 12.1. The van der Waals surface area contributed by atoms with Crippen molar-refractivity contribution in [2.45, 2.75) is 32.4 Å². The third-order valence-electron chi connectivity index (χ3n) is 3.24. The van der Waals surface area contributed by atoms with Gasteiger partial charge in [0.05, 0.1) is 13.1 Å². The van der Waals surface area contributed by atoms with Crippen LogP contribution in [0.3, 0.4) is 0 Å². The minimum atomic E-state index is -0.136. The number of benzene rings is 1. The van der Waals surface area contributed by atoms with Crippen molar-refractivity contribution in [3.63, 3.8) is 0 Å². The highest BCUT2D eigenvalue weighted by atomic mass is 16.6. The summed E-state index contributed by atoms with van der Waals surface area (Å²) in [7, 11) is 1.79. The third-order valence-corrected chi connectivity index (χ3v) is 3.24. The summed E-state index contributed by atoms with van der Waals surface area (Å²) < 4.78 is 11.5. The highest BCUT2D eigenvalue weighted by Crippen LogP contribution is 2.30. The summed E-state index contributed by atoms with van der Waals surface area (Å²) in [5, 5.41) is 3.19. The van der Waals surface area contributed by atoms with Gasteiger partial charge in [-0.05, 0) is 32.9 Å². The molecule has 1 aromatic rings. The molecule has 1 N–H and O–H groups in total. The number of hydrogen-bond donors (Lipinski definition) is 1. The quantitative estimate of drug-likeness (QED) is 0.917. The van der Waals surface area contributed by atoms with Crippen molar-refractivity contribution >= 4 is 5.91 Å². The second kappa shape index (κ2) is 6.35. The molecule has 5 nitrogen and oxygen atoms in total. The van der Waals surface area contributed by atoms with Crippen LogP contribution in [0.1, 0.15) is 20.8 Å². The molecule has 1 atom stereocenters. The van der Waals surface area contributed by atoms with Gasteiger partial charge in [-0.3, -0.25) is 4.79 Å². The monoisotopic (exact) mass is 292 g/mol. The van der Waals surface area contributed by atoms with Gasteiger partial charge in [0.25, 0.3) is 0 Å². The molecule has 0 spiro atoms. The van der Waals surface area contributed by atoms with E-state index in [1.807, 2.05) is 45.0 Å². The van der Waals surface area contributed by atoms with E-state index in [0.29, 0.717) is 19.7 Å². The van der Waals surface area contributed by atoms with Gasteiger partial charge < -0.3 is 19.7 Å². The molecule has 1 unspecified atom stereocenters. The lowest BCUT2D eigenvalue weighted by atomic mass is 10.1. The number of amides is 1. The number of likely N-dealkylation sites (N-methyl/N-ethyl adjacent to an activating group) is 1. The van der Waals surface area contributed by atoms with Gasteiger partial charge in [0.15, 0.2) is 17.6 Å². The second-order valence-electron chi connectivity index (χ2n) is 6.38. The summed E-state index contributed by atoms with van der Waals surface area (Å²) >= 11 is 0. The van der Waals surface area contributed by atoms with E-state index in [0.717, 1.165) is 11.5 Å². The van der Waals surface area contributed by atoms with E-state index in [9.17, 15) is 4.79 Å². The first-order valence-electron chi connectivity index (χ1n) is 7.22. The van der Waals surface area contributed by atoms with Crippen molar-refractivity contribution in [1.82, 2.24) is 10.2 Å². The molecule has 0 fully saturated rings. The number of para-hydroxylation sites is 2. The molecule has 5 heteroatoms. The van der Waals surface area contributed by atoms with Crippen LogP contribution in [0.4, 0.5) is 0 Å². The SMILES string of the molecule is CN(CC1COc2ccccc2O1)C(=O)CNC(C)(C)C. The number of fused-ring (bicyclic) bond motifs is 1. The van der Waals surface area contributed by atoms with Gasteiger partial charge in [0, 0.05) is 12.6 Å². The molecule has 2 rings (SSSR count). The molecule has 0 aliphatic carbocycles. The molecule has 1 aliphatic rings. The Morgan fingerprint density at radius 2 is 2.00 bits per heavy atom. The number of ether oxygens (including phenoxy) is 2. The van der Waals surface area contributed by atoms with Crippen LogP contribution in [0.2, 0.25) is 0 Å². The molecule has 21 heavy (non-hydrogen) atoms. The van der Waals surface area contributed by atoms with E-state index in [1.165, 1.54) is 0 Å². The van der Waals surface area contributed by atoms with Crippen LogP contribution in [-0.4, -0.2) is 49.2 Å². The Bertz CT molecular complexity index is 497. The van der Waals surface area contributed by atoms with E-state index in [2.05, 4.69) is 5.32 Å². The lowest BCUT2D eigenvalue weighted by Gasteiger charge is -2.30. The fraction of sp³-hybridized carbons (Fsp3) is 0.562. The molecule has 0 saturated carbocycles. The number of nitrogens with zero attached hydrogens (tertiary/aromatic N) is 1. The first kappa shape index (κ1) is 15.6. The Kier molecular flexibility index (Phi) is 4.73. The minimum Gasteiger partial charge on any atom is -0.486 e. The topological polar surface area (TPSA) is 50.8 Å². The average Bonchev–Trinajstić information content (AvgIpc) is 2.43. The summed E-state index contributed by atoms with van der Waals surface area (Å²) in [5.74, 6) is 1.55. The zero-order chi connectivity index (χ0) is 15.5. The highest BCUT2D eigenvalue weighted by Gasteiger charge is 2.24. The maximum Gasteiger partial charge on any atom is 0.236 e. The van der Waals surface area contributed by atoms with E-state index in [4.69, 9.17) is 9.47 Å². The lowest BCUT2D eigenvalue weighted by Crippen LogP contribution is -2.47. The molecule has 0 aromatic heterocycles. The van der Waals surface area contributed by atoms with Crippen molar-refractivity contribution in [3.05, 3.63) is 24.3 Å². The van der Waals surface area contributed by atoms with Crippen molar-refractivity contribution in [2.75, 3.05) is 26.7 Å². The van der Waals surface area contributed by atoms with Crippen LogP contribution >= 0.6 is 0 Å². The van der Waals surface area contributed by atoms with Crippen molar-refractivity contribution < 1.29 is 14.3 Å². The largest absolute Gasteiger partial charge is 0.486 e. The zero-order valence-corrected chi connectivity index (χ0v) is 13.2. The Labute approximate surface area is 126 Å². The first-order chi connectivity index (χ1) is 9.85. The molecule has 0 saturated heterocycles. The van der Waals surface area contributed by atoms with Crippen LogP contribution in [0.15, 0.2) is 24.3 Å². The van der Waals surface area contributed by atoms with Crippen molar-refractivity contribution in [2.24, 2.45) is 0 Å². The lowest BCUT2D eigenvalue weighted by molar-refractivity contribution is -0.130. The van der Waals surface area contributed by atoms with E-state index in [-0.39, 0.29) is 17.6 Å². The van der Waals surface area contributed by atoms with E-state index in [1.54, 1.807) is 11.9 Å². The Morgan fingerprint density at radius 3 is 2.67 bits per heavy atom. The summed E-state index contributed by atoms with van der Waals surface area (Å²) in [6, 6.07) is 7.58. The number of rotatable bonds is 4. The molecular weight excluding hydrogens is 268 g/mol. The van der Waals surface area contributed by atoms with Crippen LogP contribution in [0, 0.1) is 0 Å². The van der Waals surface area contributed by atoms with Crippen LogP contribution in [-0.2, 0) is 4.79 Å². The Hall–Kier alpha value is -1.75. The Balaban J connectivity index is 1.84. The maximum absolute atomic E-state index is 12.1. The molecule has 0 bridgehead atoms. The smallest absolute Gasteiger partial charge is 0.236 e. The highest BCUT2D eigenvalue weighted by molar-refractivity contribution is 5.78. The minimum absolute atomic E-state index is 0.0485. The predicted octanol–water partition coefficient (Wildman–Crippen LogP) is 1.67. The molecule has 0 radical (unpaired) electrons. The summed E-state index contributed by atoms with van der Waals surface area (Å²) in [6.07, 6.45) is -0.136. The van der Waals surface area contributed by atoms with E-state index < -0.39 is 0 Å². The molecule has 1 heterocycles. The summed E-state index contributed by atoms with van der Waals surface area (Å²) in [4.78, 5) is 13.8. The fourth-order valence-corrected chi connectivity index (χ4v) is 2.04. The Morgan fingerprint density at radius 1 is 1.33 bits per heavy atom. The van der Waals surface area contributed by atoms with Crippen LogP contribution < -0.4 is 14.8 Å². The van der Waals surface area contributed by atoms with Crippen LogP contribution in [0.25, 0.3) is 0 Å². The van der Waals surface area contributed by atoms with Crippen molar-refractivity contribution in [3.8, 4) is 11.5 Å². The van der Waals surface area contributed by atoms with Crippen molar-refractivity contribution in [1.29, 1.82) is 0 Å². The first-order valence-corrected chi connectivity index (χ1v) is 7.22. The summed E-state index contributed by atoms with van der Waals surface area (Å²) in [6.45, 7) is 7.41. The normalized spacial score (nSPS) is 17.4. The number of carbonyl (C=O) groups excluding carboxylic acids is 1. The van der Waals surface area contributed by atoms with Gasteiger partial charge in [-0.2, -0.15) is 0 Å². The molecule has 116 valence electrons. The van der Waals surface area contributed by atoms with Gasteiger partial charge >= 0.3 is 0 Å². The fourth-order valence-electron chi connectivity index (χ4n) is 2.04. The number of nitrogens with one attached hydrogen (secondary N) is 1. The van der Waals surface area contributed by atoms with E-state index >= 15 is 0 Å². The van der Waals surface area contributed by atoms with Gasteiger partial charge in [-0.15, -0.1) is 0 Å². The van der Waals surface area contributed by atoms with Gasteiger partial charge in [0.2, 0.25) is 5.91 Å². The van der Waals surface area contributed by atoms with Gasteiger partial charge in [0.1, 0.15) is 6.61 Å². The second-order valence-corrected chi connectivity index (χ2v) is 6.38.